The normalized spacial score (nSPS) is 18.7. The largest absolute Gasteiger partial charge is 0.305 e. The van der Waals surface area contributed by atoms with Gasteiger partial charge < -0.3 is 4.90 Å². The maximum atomic E-state index is 12.9. The van der Waals surface area contributed by atoms with E-state index in [9.17, 15) is 8.42 Å². The number of nitrogens with zero attached hydrogens (tertiary/aromatic N) is 2. The van der Waals surface area contributed by atoms with Gasteiger partial charge in [0.15, 0.2) is 0 Å². The van der Waals surface area contributed by atoms with Crippen LogP contribution in [0.15, 0.2) is 21.5 Å². The van der Waals surface area contributed by atoms with E-state index in [0.717, 1.165) is 30.6 Å². The van der Waals surface area contributed by atoms with Crippen molar-refractivity contribution in [3.05, 3.63) is 27.7 Å². The monoisotopic (exact) mass is 394 g/mol. The van der Waals surface area contributed by atoms with Gasteiger partial charge in [-0.2, -0.15) is 4.31 Å². The minimum absolute atomic E-state index is 0.305. The van der Waals surface area contributed by atoms with Crippen LogP contribution in [0.1, 0.15) is 17.5 Å². The summed E-state index contributed by atoms with van der Waals surface area (Å²) >= 11 is 9.29. The number of likely N-dealkylation sites (N-methyl/N-ethyl adjacent to an activating group) is 1. The fourth-order valence-electron chi connectivity index (χ4n) is 2.48. The second-order valence-corrected chi connectivity index (χ2v) is 8.39. The molecule has 1 aromatic carbocycles. The van der Waals surface area contributed by atoms with Crippen LogP contribution in [0.4, 0.5) is 0 Å². The van der Waals surface area contributed by atoms with E-state index in [2.05, 4.69) is 20.8 Å². The molecule has 0 saturated carbocycles. The summed E-state index contributed by atoms with van der Waals surface area (Å²) in [6.45, 7) is 4.65. The Labute approximate surface area is 140 Å². The van der Waals surface area contributed by atoms with Gasteiger partial charge in [-0.3, -0.25) is 0 Å². The van der Waals surface area contributed by atoms with Crippen LogP contribution in [-0.2, 0) is 15.9 Å². The summed E-state index contributed by atoms with van der Waals surface area (Å²) in [6, 6.07) is 3.58. The van der Waals surface area contributed by atoms with E-state index in [0.29, 0.717) is 28.3 Å². The maximum absolute atomic E-state index is 12.9. The van der Waals surface area contributed by atoms with Crippen molar-refractivity contribution in [1.29, 1.82) is 0 Å². The third-order valence-corrected chi connectivity index (χ3v) is 7.28. The molecular weight excluding hydrogens is 376 g/mol. The number of sulfonamides is 1. The van der Waals surface area contributed by atoms with Gasteiger partial charge in [0.2, 0.25) is 10.0 Å². The molecule has 7 heteroatoms. The Morgan fingerprint density at radius 1 is 1.24 bits per heavy atom. The van der Waals surface area contributed by atoms with E-state index in [1.165, 1.54) is 0 Å². The zero-order valence-electron chi connectivity index (χ0n) is 12.3. The zero-order valence-corrected chi connectivity index (χ0v) is 15.4. The van der Waals surface area contributed by atoms with E-state index in [1.807, 2.05) is 20.0 Å². The summed E-state index contributed by atoms with van der Waals surface area (Å²) in [5, 5.41) is 0. The first-order valence-electron chi connectivity index (χ1n) is 6.90. The van der Waals surface area contributed by atoms with Crippen LogP contribution in [-0.4, -0.2) is 50.8 Å². The van der Waals surface area contributed by atoms with Crippen LogP contribution in [0.5, 0.6) is 0 Å². The Bertz CT molecular complexity index is 622. The molecule has 118 valence electrons. The van der Waals surface area contributed by atoms with Crippen molar-refractivity contribution in [1.82, 2.24) is 9.21 Å². The number of benzene rings is 1. The highest BCUT2D eigenvalue weighted by molar-refractivity contribution is 9.10. The van der Waals surface area contributed by atoms with E-state index >= 15 is 0 Å². The standard InChI is InChI=1S/C14H20BrClN2O2S/c1-11-8-12(10-16)9-13(14(11)15)21(19,20)18-5-3-4-17(2)6-7-18/h8-9H,3-7,10H2,1-2H3. The maximum Gasteiger partial charge on any atom is 0.244 e. The molecule has 0 radical (unpaired) electrons. The topological polar surface area (TPSA) is 40.6 Å². The Morgan fingerprint density at radius 3 is 2.62 bits per heavy atom. The Kier molecular flexibility index (Phi) is 5.71. The predicted molar refractivity (Wildman–Crippen MR) is 89.3 cm³/mol. The van der Waals surface area contributed by atoms with Gasteiger partial charge in [0, 0.05) is 30.0 Å². The fraction of sp³-hybridized carbons (Fsp3) is 0.571. The van der Waals surface area contributed by atoms with E-state index in [4.69, 9.17) is 11.6 Å². The minimum Gasteiger partial charge on any atom is -0.305 e. The summed E-state index contributed by atoms with van der Waals surface area (Å²) in [5.41, 5.74) is 1.71. The number of halogens is 2. The lowest BCUT2D eigenvalue weighted by molar-refractivity contribution is 0.347. The fourth-order valence-corrected chi connectivity index (χ4v) is 5.13. The average Bonchev–Trinajstić information content (AvgIpc) is 2.66. The van der Waals surface area contributed by atoms with E-state index in [-0.39, 0.29) is 0 Å². The first-order valence-corrected chi connectivity index (χ1v) is 9.66. The molecule has 0 spiro atoms. The third-order valence-electron chi connectivity index (χ3n) is 3.73. The number of hydrogen-bond acceptors (Lipinski definition) is 3. The molecule has 0 bridgehead atoms. The third kappa shape index (κ3) is 3.79. The highest BCUT2D eigenvalue weighted by atomic mass is 79.9. The van der Waals surface area contributed by atoms with Crippen LogP contribution in [0.25, 0.3) is 0 Å². The van der Waals surface area contributed by atoms with Crippen molar-refractivity contribution < 1.29 is 8.42 Å². The van der Waals surface area contributed by atoms with Gasteiger partial charge in [-0.05, 0) is 60.1 Å². The molecule has 4 nitrogen and oxygen atoms in total. The highest BCUT2D eigenvalue weighted by Crippen LogP contribution is 2.30. The molecule has 1 saturated heterocycles. The molecule has 0 N–H and O–H groups in total. The summed E-state index contributed by atoms with van der Waals surface area (Å²) in [7, 11) is -1.48. The van der Waals surface area contributed by atoms with Crippen molar-refractivity contribution in [2.45, 2.75) is 24.1 Å². The molecule has 1 heterocycles. The first kappa shape index (κ1) is 17.2. The Balaban J connectivity index is 2.41. The second-order valence-electron chi connectivity index (χ2n) is 5.42. The van der Waals surface area contributed by atoms with Gasteiger partial charge in [-0.25, -0.2) is 8.42 Å². The van der Waals surface area contributed by atoms with Crippen molar-refractivity contribution in [2.24, 2.45) is 0 Å². The summed E-state index contributed by atoms with van der Waals surface area (Å²) < 4.78 is 28.1. The lowest BCUT2D eigenvalue weighted by Gasteiger charge is -2.22. The van der Waals surface area contributed by atoms with Crippen LogP contribution in [0.2, 0.25) is 0 Å². The van der Waals surface area contributed by atoms with Crippen LogP contribution in [0, 0.1) is 6.92 Å². The number of alkyl halides is 1. The Hall–Kier alpha value is -0.140. The molecule has 1 aliphatic rings. The number of hydrogen-bond donors (Lipinski definition) is 0. The van der Waals surface area contributed by atoms with Gasteiger partial charge in [0.25, 0.3) is 0 Å². The summed E-state index contributed by atoms with van der Waals surface area (Å²) in [6.07, 6.45) is 0.849. The molecular formula is C14H20BrClN2O2S. The average molecular weight is 396 g/mol. The molecule has 1 aliphatic heterocycles. The van der Waals surface area contributed by atoms with Crippen molar-refractivity contribution in [3.8, 4) is 0 Å². The molecule has 2 rings (SSSR count). The molecule has 0 amide bonds. The molecule has 1 fully saturated rings. The zero-order chi connectivity index (χ0) is 15.6. The van der Waals surface area contributed by atoms with Gasteiger partial charge in [-0.15, -0.1) is 11.6 Å². The molecule has 0 aromatic heterocycles. The lowest BCUT2D eigenvalue weighted by Crippen LogP contribution is -2.34. The first-order chi connectivity index (χ1) is 9.86. The van der Waals surface area contributed by atoms with Crippen LogP contribution in [0.3, 0.4) is 0 Å². The molecule has 0 unspecified atom stereocenters. The number of aryl methyl sites for hydroxylation is 1. The molecule has 0 aliphatic carbocycles. The quantitative estimate of drug-likeness (QED) is 0.739. The molecule has 21 heavy (non-hydrogen) atoms. The predicted octanol–water partition coefficient (Wildman–Crippen LogP) is 2.82. The summed E-state index contributed by atoms with van der Waals surface area (Å²) in [4.78, 5) is 2.48. The van der Waals surface area contributed by atoms with Crippen LogP contribution >= 0.6 is 27.5 Å². The minimum atomic E-state index is -3.49. The second kappa shape index (κ2) is 6.96. The van der Waals surface area contributed by atoms with Gasteiger partial charge in [0.05, 0.1) is 4.90 Å². The van der Waals surface area contributed by atoms with Gasteiger partial charge >= 0.3 is 0 Å². The highest BCUT2D eigenvalue weighted by Gasteiger charge is 2.28. The van der Waals surface area contributed by atoms with Crippen molar-refractivity contribution in [2.75, 3.05) is 33.2 Å². The van der Waals surface area contributed by atoms with Crippen molar-refractivity contribution in [3.63, 3.8) is 0 Å². The lowest BCUT2D eigenvalue weighted by atomic mass is 10.2. The summed E-state index contributed by atoms with van der Waals surface area (Å²) in [5.74, 6) is 0.305. The molecule has 0 atom stereocenters. The van der Waals surface area contributed by atoms with Crippen LogP contribution < -0.4 is 0 Å². The van der Waals surface area contributed by atoms with Gasteiger partial charge in [0.1, 0.15) is 0 Å². The Morgan fingerprint density at radius 2 is 1.95 bits per heavy atom. The molecule has 1 aromatic rings. The van der Waals surface area contributed by atoms with Gasteiger partial charge in [-0.1, -0.05) is 6.07 Å². The van der Waals surface area contributed by atoms with E-state index < -0.39 is 10.0 Å². The SMILES string of the molecule is Cc1cc(CCl)cc(S(=O)(=O)N2CCCN(C)CC2)c1Br. The smallest absolute Gasteiger partial charge is 0.244 e. The van der Waals surface area contributed by atoms with Crippen molar-refractivity contribution >= 4 is 37.6 Å². The van der Waals surface area contributed by atoms with E-state index in [1.54, 1.807) is 10.4 Å². The number of rotatable bonds is 3.